The summed E-state index contributed by atoms with van der Waals surface area (Å²) >= 11 is 0. The monoisotopic (exact) mass is 1070 g/mol. The van der Waals surface area contributed by atoms with Gasteiger partial charge in [-0.2, -0.15) is 0 Å². The molecule has 0 aliphatic heterocycles. The first kappa shape index (κ1) is 73.6. The quantitative estimate of drug-likeness (QED) is 0.0261. The maximum absolute atomic E-state index is 12.9. The zero-order valence-electron chi connectivity index (χ0n) is 51.0. The lowest BCUT2D eigenvalue weighted by Crippen LogP contribution is -2.30. The number of unbranched alkanes of at least 4 members (excludes halogenated alkanes) is 35. The summed E-state index contributed by atoms with van der Waals surface area (Å²) in [4.78, 5) is 38.3. The third-order valence-corrected chi connectivity index (χ3v) is 14.4. The summed E-state index contributed by atoms with van der Waals surface area (Å²) in [6.07, 6.45) is 85.9. The first-order valence-electron chi connectivity index (χ1n) is 33.1. The standard InChI is InChI=1S/C71H124O6/c1-4-7-10-13-16-19-22-25-27-29-31-33-35-37-39-41-43-46-49-52-55-58-61-64-70(73)76-67-68(66-75-69(72)63-60-57-54-51-48-45-24-21-18-15-12-9-6-3)77-71(74)65-62-59-56-53-50-47-44-42-40-38-36-34-32-30-28-26-23-20-17-14-11-8-5-2/h7,10,16,19,21,24-25,27,30-33,37,39,68H,4-6,8-9,11-15,17-18,20,22-23,26,28-29,34-36,38,40-67H2,1-3H3/b10-7-,19-16-,24-21-,27-25-,32-30-,33-31-,39-37-. The van der Waals surface area contributed by atoms with E-state index in [-0.39, 0.29) is 31.1 Å². The van der Waals surface area contributed by atoms with Crippen molar-refractivity contribution < 1.29 is 28.6 Å². The normalized spacial score (nSPS) is 12.6. The van der Waals surface area contributed by atoms with Crippen molar-refractivity contribution in [2.24, 2.45) is 0 Å². The number of hydrogen-bond acceptors (Lipinski definition) is 6. The number of carbonyl (C=O) groups excluding carboxylic acids is 3. The summed E-state index contributed by atoms with van der Waals surface area (Å²) in [6, 6.07) is 0. The zero-order valence-corrected chi connectivity index (χ0v) is 51.0. The molecule has 0 fully saturated rings. The largest absolute Gasteiger partial charge is 0.462 e. The van der Waals surface area contributed by atoms with Gasteiger partial charge in [-0.25, -0.2) is 0 Å². The highest BCUT2D eigenvalue weighted by atomic mass is 16.6. The van der Waals surface area contributed by atoms with Gasteiger partial charge >= 0.3 is 17.9 Å². The molecule has 0 N–H and O–H groups in total. The van der Waals surface area contributed by atoms with Crippen molar-refractivity contribution in [3.8, 4) is 0 Å². The lowest BCUT2D eigenvalue weighted by atomic mass is 10.0. The molecule has 0 aromatic carbocycles. The van der Waals surface area contributed by atoms with Crippen molar-refractivity contribution in [2.75, 3.05) is 13.2 Å². The molecule has 1 unspecified atom stereocenters. The lowest BCUT2D eigenvalue weighted by Gasteiger charge is -2.18. The molecular formula is C71H124O6. The van der Waals surface area contributed by atoms with Gasteiger partial charge in [0.05, 0.1) is 0 Å². The Labute approximate surface area is 477 Å². The molecule has 0 bridgehead atoms. The van der Waals surface area contributed by atoms with Gasteiger partial charge in [0.2, 0.25) is 0 Å². The molecule has 6 heteroatoms. The van der Waals surface area contributed by atoms with Crippen LogP contribution >= 0.6 is 0 Å². The topological polar surface area (TPSA) is 78.9 Å². The Bertz CT molecular complexity index is 1470. The number of carbonyl (C=O) groups is 3. The molecule has 0 spiro atoms. The van der Waals surface area contributed by atoms with Crippen molar-refractivity contribution in [3.05, 3.63) is 85.1 Å². The third-order valence-electron chi connectivity index (χ3n) is 14.4. The van der Waals surface area contributed by atoms with Gasteiger partial charge < -0.3 is 14.2 Å². The fourth-order valence-electron chi connectivity index (χ4n) is 9.40. The zero-order chi connectivity index (χ0) is 55.7. The number of rotatable bonds is 60. The Kier molecular flexibility index (Phi) is 62.2. The predicted octanol–water partition coefficient (Wildman–Crippen LogP) is 22.7. The van der Waals surface area contributed by atoms with Gasteiger partial charge in [0.15, 0.2) is 6.10 Å². The first-order chi connectivity index (χ1) is 38.0. The Morgan fingerprint density at radius 3 is 0.818 bits per heavy atom. The van der Waals surface area contributed by atoms with Crippen LogP contribution in [0, 0.1) is 0 Å². The van der Waals surface area contributed by atoms with E-state index in [0.29, 0.717) is 19.3 Å². The summed E-state index contributed by atoms with van der Waals surface area (Å²) in [5.74, 6) is -0.890. The van der Waals surface area contributed by atoms with Crippen molar-refractivity contribution >= 4 is 17.9 Å². The minimum Gasteiger partial charge on any atom is -0.462 e. The molecule has 0 aliphatic carbocycles. The van der Waals surface area contributed by atoms with E-state index in [9.17, 15) is 14.4 Å². The highest BCUT2D eigenvalue weighted by molar-refractivity contribution is 5.71. The van der Waals surface area contributed by atoms with E-state index in [1.54, 1.807) is 0 Å². The summed E-state index contributed by atoms with van der Waals surface area (Å²) in [5.41, 5.74) is 0. The minimum atomic E-state index is -0.786. The first-order valence-corrected chi connectivity index (χ1v) is 33.1. The van der Waals surface area contributed by atoms with Gasteiger partial charge in [0.1, 0.15) is 13.2 Å². The maximum Gasteiger partial charge on any atom is 0.306 e. The van der Waals surface area contributed by atoms with Gasteiger partial charge in [-0.1, -0.05) is 279 Å². The van der Waals surface area contributed by atoms with E-state index in [1.807, 2.05) is 0 Å². The molecule has 0 aromatic heterocycles. The van der Waals surface area contributed by atoms with Crippen LogP contribution in [0.1, 0.15) is 329 Å². The molecule has 0 saturated carbocycles. The van der Waals surface area contributed by atoms with Crippen LogP contribution in [0.2, 0.25) is 0 Å². The van der Waals surface area contributed by atoms with Crippen molar-refractivity contribution in [1.29, 1.82) is 0 Å². The molecule has 0 saturated heterocycles. The van der Waals surface area contributed by atoms with Gasteiger partial charge in [0, 0.05) is 19.3 Å². The van der Waals surface area contributed by atoms with Crippen LogP contribution in [0.15, 0.2) is 85.1 Å². The molecule has 0 amide bonds. The molecule has 77 heavy (non-hydrogen) atoms. The van der Waals surface area contributed by atoms with Crippen LogP contribution < -0.4 is 0 Å². The fraction of sp³-hybridized carbons (Fsp3) is 0.761. The van der Waals surface area contributed by atoms with Gasteiger partial charge in [-0.3, -0.25) is 14.4 Å². The van der Waals surface area contributed by atoms with Crippen LogP contribution in [0.5, 0.6) is 0 Å². The van der Waals surface area contributed by atoms with E-state index in [0.717, 1.165) is 103 Å². The Morgan fingerprint density at radius 2 is 0.506 bits per heavy atom. The second kappa shape index (κ2) is 65.1. The van der Waals surface area contributed by atoms with Gasteiger partial charge in [-0.15, -0.1) is 0 Å². The van der Waals surface area contributed by atoms with Crippen molar-refractivity contribution in [1.82, 2.24) is 0 Å². The molecule has 444 valence electrons. The number of esters is 3. The van der Waals surface area contributed by atoms with E-state index < -0.39 is 6.10 Å². The van der Waals surface area contributed by atoms with E-state index in [4.69, 9.17) is 14.2 Å². The second-order valence-corrected chi connectivity index (χ2v) is 22.0. The Morgan fingerprint density at radius 1 is 0.273 bits per heavy atom. The SMILES string of the molecule is CC/C=C\C/C=C\C/C=C\C/C=C\C/C=C\CCCCCCCCCC(=O)OCC(COC(=O)CCCCCCC/C=C\CCCCCC)OC(=O)CCCCCCCCCCCCC/C=C\CCCCCCCCCC. The average Bonchev–Trinajstić information content (AvgIpc) is 3.43. The Balaban J connectivity index is 4.34. The third kappa shape index (κ3) is 63.3. The van der Waals surface area contributed by atoms with Crippen LogP contribution in [0.25, 0.3) is 0 Å². The number of ether oxygens (including phenoxy) is 3. The van der Waals surface area contributed by atoms with Gasteiger partial charge in [0.25, 0.3) is 0 Å². The smallest absolute Gasteiger partial charge is 0.306 e. The molecule has 0 rings (SSSR count). The van der Waals surface area contributed by atoms with Crippen molar-refractivity contribution in [3.63, 3.8) is 0 Å². The van der Waals surface area contributed by atoms with E-state index in [2.05, 4.69) is 106 Å². The molecule has 0 radical (unpaired) electrons. The van der Waals surface area contributed by atoms with Crippen molar-refractivity contribution in [2.45, 2.75) is 335 Å². The molecule has 0 heterocycles. The lowest BCUT2D eigenvalue weighted by molar-refractivity contribution is -0.167. The molecule has 6 nitrogen and oxygen atoms in total. The summed E-state index contributed by atoms with van der Waals surface area (Å²) in [5, 5.41) is 0. The fourth-order valence-corrected chi connectivity index (χ4v) is 9.40. The average molecular weight is 1070 g/mol. The number of allylic oxidation sites excluding steroid dienone is 14. The molecule has 0 aliphatic rings. The summed E-state index contributed by atoms with van der Waals surface area (Å²) in [6.45, 7) is 6.53. The van der Waals surface area contributed by atoms with Gasteiger partial charge in [-0.05, 0) is 116 Å². The molecular weight excluding hydrogens is 949 g/mol. The van der Waals surface area contributed by atoms with Crippen LogP contribution in [-0.4, -0.2) is 37.2 Å². The minimum absolute atomic E-state index is 0.0832. The second-order valence-electron chi connectivity index (χ2n) is 22.0. The summed E-state index contributed by atoms with van der Waals surface area (Å²) in [7, 11) is 0. The van der Waals surface area contributed by atoms with Crippen LogP contribution in [0.3, 0.4) is 0 Å². The Hall–Kier alpha value is -3.41. The van der Waals surface area contributed by atoms with E-state index in [1.165, 1.54) is 186 Å². The number of hydrogen-bond donors (Lipinski definition) is 0. The molecule has 0 aromatic rings. The highest BCUT2D eigenvalue weighted by Gasteiger charge is 2.19. The van der Waals surface area contributed by atoms with Crippen LogP contribution in [-0.2, 0) is 28.6 Å². The highest BCUT2D eigenvalue weighted by Crippen LogP contribution is 2.16. The van der Waals surface area contributed by atoms with E-state index >= 15 is 0 Å². The maximum atomic E-state index is 12.9. The molecule has 1 atom stereocenters. The summed E-state index contributed by atoms with van der Waals surface area (Å²) < 4.78 is 16.9. The van der Waals surface area contributed by atoms with Crippen LogP contribution in [0.4, 0.5) is 0 Å². The predicted molar refractivity (Wildman–Crippen MR) is 334 cm³/mol.